The number of aryl methyl sites for hydroxylation is 3. The number of hydrogen-bond donors (Lipinski definition) is 0. The van der Waals surface area contributed by atoms with E-state index in [0.717, 1.165) is 6.54 Å². The van der Waals surface area contributed by atoms with E-state index in [1.54, 1.807) is 0 Å². The molecule has 0 amide bonds. The van der Waals surface area contributed by atoms with Crippen molar-refractivity contribution in [2.24, 2.45) is 0 Å². The number of fused-ring (bicyclic) bond motifs is 1. The molecule has 2 rings (SSSR count). The Labute approximate surface area is 123 Å². The van der Waals surface area contributed by atoms with Gasteiger partial charge in [0.15, 0.2) is 0 Å². The molecule has 5 nitrogen and oxygen atoms in total. The highest BCUT2D eigenvalue weighted by Crippen LogP contribution is 2.20. The molecule has 0 saturated heterocycles. The fourth-order valence-electron chi connectivity index (χ4n) is 1.85. The second-order valence-corrected chi connectivity index (χ2v) is 6.44. The van der Waals surface area contributed by atoms with Crippen molar-refractivity contribution in [3.63, 3.8) is 0 Å². The predicted octanol–water partition coefficient (Wildman–Crippen LogP) is 2.31. The second-order valence-electron chi connectivity index (χ2n) is 4.15. The van der Waals surface area contributed by atoms with Crippen LogP contribution >= 0.6 is 11.3 Å². The third kappa shape index (κ3) is 4.82. The average Bonchev–Trinajstić information content (AvgIpc) is 2.63. The maximum absolute atomic E-state index is 9.45. The van der Waals surface area contributed by atoms with E-state index >= 15 is 0 Å². The van der Waals surface area contributed by atoms with Gasteiger partial charge in [-0.15, -0.1) is 0 Å². The van der Waals surface area contributed by atoms with Gasteiger partial charge >= 0.3 is 0 Å². The van der Waals surface area contributed by atoms with E-state index in [0.29, 0.717) is 0 Å². The van der Waals surface area contributed by atoms with Crippen molar-refractivity contribution >= 4 is 32.0 Å². The first-order valence-corrected chi connectivity index (χ1v) is 8.43. The molecule has 1 aromatic carbocycles. The van der Waals surface area contributed by atoms with E-state index in [4.69, 9.17) is 0 Å². The molecule has 112 valence electrons. The van der Waals surface area contributed by atoms with Crippen LogP contribution in [-0.4, -0.2) is 19.6 Å². The molecule has 0 unspecified atom stereocenters. The Balaban J connectivity index is 0.000000246. The van der Waals surface area contributed by atoms with Crippen LogP contribution in [0.15, 0.2) is 18.2 Å². The minimum Gasteiger partial charge on any atom is -0.726 e. The number of rotatable bonds is 3. The minimum absolute atomic E-state index is 0.0914. The van der Waals surface area contributed by atoms with Gasteiger partial charge in [0.25, 0.3) is 0 Å². The average molecular weight is 317 g/mol. The van der Waals surface area contributed by atoms with Crippen molar-refractivity contribution in [3.8, 4) is 0 Å². The summed E-state index contributed by atoms with van der Waals surface area (Å²) < 4.78 is 35.8. The van der Waals surface area contributed by atoms with Crippen LogP contribution in [-0.2, 0) is 21.1 Å². The van der Waals surface area contributed by atoms with E-state index in [2.05, 4.69) is 47.7 Å². The summed E-state index contributed by atoms with van der Waals surface area (Å²) in [5.41, 5.74) is 2.72. The molecule has 0 bridgehead atoms. The van der Waals surface area contributed by atoms with E-state index in [9.17, 15) is 13.0 Å². The van der Waals surface area contributed by atoms with Gasteiger partial charge in [-0.25, -0.2) is 8.42 Å². The van der Waals surface area contributed by atoms with E-state index in [1.807, 2.05) is 11.3 Å². The van der Waals surface area contributed by atoms with Gasteiger partial charge in [0.05, 0.1) is 6.61 Å². The van der Waals surface area contributed by atoms with Crippen LogP contribution < -0.4 is 4.57 Å². The lowest BCUT2D eigenvalue weighted by atomic mass is 10.2. The summed E-state index contributed by atoms with van der Waals surface area (Å²) in [4.78, 5) is 0. The summed E-state index contributed by atoms with van der Waals surface area (Å²) in [7, 11) is -4.42. The molecule has 7 heteroatoms. The van der Waals surface area contributed by atoms with Gasteiger partial charge in [-0.1, -0.05) is 17.4 Å². The molecule has 0 aliphatic rings. The molecule has 1 heterocycles. The van der Waals surface area contributed by atoms with Crippen molar-refractivity contribution in [1.82, 2.24) is 0 Å². The molecule has 0 aliphatic carbocycles. The summed E-state index contributed by atoms with van der Waals surface area (Å²) in [6.45, 7) is 8.92. The topological polar surface area (TPSA) is 70.3 Å². The van der Waals surface area contributed by atoms with Gasteiger partial charge in [0, 0.05) is 13.0 Å². The van der Waals surface area contributed by atoms with Crippen LogP contribution in [0.4, 0.5) is 0 Å². The van der Waals surface area contributed by atoms with Gasteiger partial charge < -0.3 is 4.55 Å². The Bertz CT molecular complexity index is 677. The molecule has 0 fully saturated rings. The molecule has 20 heavy (non-hydrogen) atoms. The number of nitrogens with zero attached hydrogens (tertiary/aromatic N) is 1. The van der Waals surface area contributed by atoms with Crippen LogP contribution in [0.25, 0.3) is 10.2 Å². The predicted molar refractivity (Wildman–Crippen MR) is 78.5 cm³/mol. The van der Waals surface area contributed by atoms with Crippen LogP contribution in [0, 0.1) is 13.8 Å². The van der Waals surface area contributed by atoms with E-state index < -0.39 is 10.4 Å². The third-order valence-electron chi connectivity index (χ3n) is 2.62. The molecule has 2 aromatic rings. The fraction of sp³-hybridized carbons (Fsp3) is 0.462. The summed E-state index contributed by atoms with van der Waals surface area (Å²) in [6.07, 6.45) is 0. The van der Waals surface area contributed by atoms with Gasteiger partial charge in [0.2, 0.25) is 20.9 Å². The highest BCUT2D eigenvalue weighted by Gasteiger charge is 2.14. The number of benzene rings is 1. The van der Waals surface area contributed by atoms with Crippen molar-refractivity contribution in [2.45, 2.75) is 34.2 Å². The Morgan fingerprint density at radius 3 is 2.40 bits per heavy atom. The number of aromatic nitrogens is 1. The minimum atomic E-state index is -4.42. The smallest absolute Gasteiger partial charge is 0.235 e. The van der Waals surface area contributed by atoms with Crippen LogP contribution in [0.1, 0.15) is 24.4 Å². The lowest BCUT2D eigenvalue weighted by Gasteiger charge is -2.02. The normalized spacial score (nSPS) is 11.2. The Hall–Kier alpha value is -1.02. The van der Waals surface area contributed by atoms with Crippen molar-refractivity contribution < 1.29 is 21.7 Å². The highest BCUT2D eigenvalue weighted by molar-refractivity contribution is 7.80. The summed E-state index contributed by atoms with van der Waals surface area (Å²) in [5.74, 6) is 0. The first-order chi connectivity index (χ1) is 9.28. The zero-order chi connectivity index (χ0) is 15.3. The zero-order valence-electron chi connectivity index (χ0n) is 12.0. The van der Waals surface area contributed by atoms with Gasteiger partial charge in [-0.2, -0.15) is 4.57 Å². The lowest BCUT2D eigenvalue weighted by molar-refractivity contribution is -0.669. The van der Waals surface area contributed by atoms with Crippen molar-refractivity contribution in [2.75, 3.05) is 6.61 Å². The van der Waals surface area contributed by atoms with Crippen LogP contribution in [0.2, 0.25) is 0 Å². The molecule has 0 saturated carbocycles. The SMILES string of the molecule is CCOS(=O)(=O)[O-].CC[n+]1c(C)sc2ccc(C)cc21. The third-order valence-corrected chi connectivity index (χ3v) is 4.23. The van der Waals surface area contributed by atoms with E-state index in [-0.39, 0.29) is 6.61 Å². The molecule has 0 atom stereocenters. The van der Waals surface area contributed by atoms with Gasteiger partial charge in [-0.05, 0) is 32.4 Å². The fourth-order valence-corrected chi connectivity index (χ4v) is 3.20. The maximum atomic E-state index is 9.45. The summed E-state index contributed by atoms with van der Waals surface area (Å²) >= 11 is 1.87. The Morgan fingerprint density at radius 1 is 1.30 bits per heavy atom. The van der Waals surface area contributed by atoms with E-state index in [1.165, 1.54) is 27.7 Å². The summed E-state index contributed by atoms with van der Waals surface area (Å²) in [6, 6.07) is 6.66. The molecule has 0 spiro atoms. The van der Waals surface area contributed by atoms with Crippen LogP contribution in [0.5, 0.6) is 0 Å². The summed E-state index contributed by atoms with van der Waals surface area (Å²) in [5, 5.41) is 1.39. The monoisotopic (exact) mass is 317 g/mol. The molecular weight excluding hydrogens is 298 g/mol. The first kappa shape index (κ1) is 17.0. The largest absolute Gasteiger partial charge is 0.726 e. The first-order valence-electron chi connectivity index (χ1n) is 6.28. The van der Waals surface area contributed by atoms with Crippen molar-refractivity contribution in [1.29, 1.82) is 0 Å². The zero-order valence-corrected chi connectivity index (χ0v) is 13.7. The second kappa shape index (κ2) is 7.12. The van der Waals surface area contributed by atoms with Gasteiger partial charge in [-0.3, -0.25) is 4.18 Å². The number of hydrogen-bond acceptors (Lipinski definition) is 5. The van der Waals surface area contributed by atoms with Crippen molar-refractivity contribution in [3.05, 3.63) is 28.8 Å². The molecule has 0 radical (unpaired) electrons. The highest BCUT2D eigenvalue weighted by atomic mass is 32.3. The van der Waals surface area contributed by atoms with Crippen LogP contribution in [0.3, 0.4) is 0 Å². The standard InChI is InChI=1S/C11H14NS.C2H6O4S/c1-4-12-9(3)13-11-6-5-8(2)7-10(11)12;1-2-6-7(3,4)5/h5-7H,4H2,1-3H3;2H2,1H3,(H,3,4,5)/q+1;/p-1. The lowest BCUT2D eigenvalue weighted by Crippen LogP contribution is -2.33. The number of thiazole rings is 1. The molecule has 1 aromatic heterocycles. The quantitative estimate of drug-likeness (QED) is 0.495. The van der Waals surface area contributed by atoms with Gasteiger partial charge in [0.1, 0.15) is 11.2 Å². The molecule has 0 N–H and O–H groups in total. The Kier molecular flexibility index (Phi) is 6.07. The maximum Gasteiger partial charge on any atom is 0.235 e. The Morgan fingerprint density at radius 2 is 1.95 bits per heavy atom. The molecule has 0 aliphatic heterocycles. The molecular formula is C13H19NO4S2.